The average Bonchev–Trinajstić information content (AvgIpc) is 2.66. The molecular weight excluding hydrogens is 320 g/mol. The molecule has 0 amide bonds. The van der Waals surface area contributed by atoms with Gasteiger partial charge in [0, 0.05) is 23.3 Å². The topological polar surface area (TPSA) is 65.0 Å². The number of aliphatic hydroxyl groups excluding tert-OH is 1. The molecule has 5 heteroatoms. The molecule has 0 radical (unpaired) electrons. The zero-order valence-electron chi connectivity index (χ0n) is 14.8. The molecule has 0 heterocycles. The molecule has 0 saturated carbocycles. The molecule has 0 aliphatic carbocycles. The lowest BCUT2D eigenvalue weighted by atomic mass is 10.1. The molecule has 0 bridgehead atoms. The Hall–Kier alpha value is -2.95. The summed E-state index contributed by atoms with van der Waals surface area (Å²) in [6.07, 6.45) is 1.19. The molecule has 2 rings (SSSR count). The minimum atomic E-state index is -0.477. The predicted octanol–water partition coefficient (Wildman–Crippen LogP) is 4.08. The normalized spacial score (nSPS) is 11.5. The molecular formula is C20H22O5. The standard InChI is InChI=1S/C20H22O5/c1-5-14-7-6-8-15(9-14)20(17(22)12-21)25-19-11-16(23-3)10-18(24-4)13(19)2/h6-12,22H,5H2,1-4H3/b20-17+. The fourth-order valence-electron chi connectivity index (χ4n) is 2.43. The highest BCUT2D eigenvalue weighted by molar-refractivity contribution is 5.83. The highest BCUT2D eigenvalue weighted by atomic mass is 16.5. The number of carbonyl (C=O) groups is 1. The van der Waals surface area contributed by atoms with Crippen LogP contribution in [-0.2, 0) is 11.2 Å². The van der Waals surface area contributed by atoms with Crippen molar-refractivity contribution < 1.29 is 24.1 Å². The fourth-order valence-corrected chi connectivity index (χ4v) is 2.43. The number of ether oxygens (including phenoxy) is 3. The van der Waals surface area contributed by atoms with E-state index in [-0.39, 0.29) is 5.76 Å². The van der Waals surface area contributed by atoms with Gasteiger partial charge in [0.05, 0.1) is 14.2 Å². The Labute approximate surface area is 147 Å². The maximum absolute atomic E-state index is 11.2. The second-order valence-corrected chi connectivity index (χ2v) is 5.44. The summed E-state index contributed by atoms with van der Waals surface area (Å²) >= 11 is 0. The van der Waals surface area contributed by atoms with Crippen molar-refractivity contribution in [3.63, 3.8) is 0 Å². The summed E-state index contributed by atoms with van der Waals surface area (Å²) in [4.78, 5) is 11.2. The quantitative estimate of drug-likeness (QED) is 0.467. The van der Waals surface area contributed by atoms with Crippen LogP contribution >= 0.6 is 0 Å². The van der Waals surface area contributed by atoms with Crippen LogP contribution in [0.2, 0.25) is 0 Å². The van der Waals surface area contributed by atoms with Gasteiger partial charge in [-0.2, -0.15) is 0 Å². The molecule has 5 nitrogen and oxygen atoms in total. The summed E-state index contributed by atoms with van der Waals surface area (Å²) in [5.41, 5.74) is 2.41. The number of rotatable bonds is 7. The number of aryl methyl sites for hydroxylation is 1. The van der Waals surface area contributed by atoms with Crippen LogP contribution in [0.1, 0.15) is 23.6 Å². The Bertz CT molecular complexity index is 793. The van der Waals surface area contributed by atoms with Gasteiger partial charge in [-0.15, -0.1) is 0 Å². The number of methoxy groups -OCH3 is 2. The van der Waals surface area contributed by atoms with E-state index in [2.05, 4.69) is 0 Å². The first-order chi connectivity index (χ1) is 12.0. The van der Waals surface area contributed by atoms with Crippen LogP contribution in [0.25, 0.3) is 5.76 Å². The van der Waals surface area contributed by atoms with Crippen molar-refractivity contribution in [3.05, 3.63) is 58.8 Å². The summed E-state index contributed by atoms with van der Waals surface area (Å²) < 4.78 is 16.5. The first kappa shape index (κ1) is 18.4. The van der Waals surface area contributed by atoms with Gasteiger partial charge in [-0.05, 0) is 25.0 Å². The van der Waals surface area contributed by atoms with E-state index in [1.165, 1.54) is 7.11 Å². The third kappa shape index (κ3) is 4.12. The zero-order chi connectivity index (χ0) is 18.4. The van der Waals surface area contributed by atoms with Gasteiger partial charge in [0.1, 0.15) is 17.2 Å². The van der Waals surface area contributed by atoms with Crippen molar-refractivity contribution in [2.45, 2.75) is 20.3 Å². The summed E-state index contributed by atoms with van der Waals surface area (Å²) in [7, 11) is 3.09. The van der Waals surface area contributed by atoms with Gasteiger partial charge < -0.3 is 19.3 Å². The van der Waals surface area contributed by atoms with Crippen molar-refractivity contribution in [2.24, 2.45) is 0 Å². The molecule has 2 aromatic rings. The van der Waals surface area contributed by atoms with E-state index in [9.17, 15) is 9.90 Å². The molecule has 25 heavy (non-hydrogen) atoms. The maximum atomic E-state index is 11.2. The number of allylic oxidation sites excluding steroid dienone is 1. The molecule has 0 aromatic heterocycles. The van der Waals surface area contributed by atoms with Crippen molar-refractivity contribution in [1.29, 1.82) is 0 Å². The predicted molar refractivity (Wildman–Crippen MR) is 96.3 cm³/mol. The summed E-state index contributed by atoms with van der Waals surface area (Å²) in [6, 6.07) is 10.9. The Balaban J connectivity index is 2.54. The van der Waals surface area contributed by atoms with Gasteiger partial charge >= 0.3 is 0 Å². The van der Waals surface area contributed by atoms with Crippen molar-refractivity contribution >= 4 is 12.0 Å². The molecule has 0 aliphatic rings. The van der Waals surface area contributed by atoms with Crippen LogP contribution in [0.5, 0.6) is 17.2 Å². The Kier molecular flexibility index (Phi) is 6.06. The van der Waals surface area contributed by atoms with E-state index in [4.69, 9.17) is 14.2 Å². The number of aliphatic hydroxyl groups is 1. The van der Waals surface area contributed by atoms with Crippen LogP contribution < -0.4 is 14.2 Å². The lowest BCUT2D eigenvalue weighted by Crippen LogP contribution is -2.04. The molecule has 1 N–H and O–H groups in total. The fraction of sp³-hybridized carbons (Fsp3) is 0.250. The summed E-state index contributed by atoms with van der Waals surface area (Å²) in [6.45, 7) is 3.85. The van der Waals surface area contributed by atoms with E-state index in [1.807, 2.05) is 32.0 Å². The Morgan fingerprint density at radius 3 is 2.44 bits per heavy atom. The van der Waals surface area contributed by atoms with Gasteiger partial charge in [0.2, 0.25) is 0 Å². The van der Waals surface area contributed by atoms with Crippen molar-refractivity contribution in [1.82, 2.24) is 0 Å². The molecule has 0 saturated heterocycles. The monoisotopic (exact) mass is 342 g/mol. The van der Waals surface area contributed by atoms with Gasteiger partial charge in [-0.3, -0.25) is 4.79 Å². The van der Waals surface area contributed by atoms with E-state index in [0.29, 0.717) is 29.1 Å². The van der Waals surface area contributed by atoms with Crippen molar-refractivity contribution in [2.75, 3.05) is 14.2 Å². The highest BCUT2D eigenvalue weighted by Gasteiger charge is 2.16. The lowest BCUT2D eigenvalue weighted by molar-refractivity contribution is -0.107. The molecule has 2 aromatic carbocycles. The second-order valence-electron chi connectivity index (χ2n) is 5.44. The SMILES string of the molecule is CCc1cccc(/C(Oc2cc(OC)cc(OC)c2C)=C(\O)C=O)c1. The van der Waals surface area contributed by atoms with Crippen molar-refractivity contribution in [3.8, 4) is 17.2 Å². The third-order valence-corrected chi connectivity index (χ3v) is 3.90. The van der Waals surface area contributed by atoms with E-state index in [1.54, 1.807) is 25.3 Å². The summed E-state index contributed by atoms with van der Waals surface area (Å²) in [5.74, 6) is 1.17. The van der Waals surface area contributed by atoms with Crippen LogP contribution in [0.15, 0.2) is 42.2 Å². The van der Waals surface area contributed by atoms with Crippen LogP contribution in [0.3, 0.4) is 0 Å². The van der Waals surface area contributed by atoms with E-state index >= 15 is 0 Å². The minimum Gasteiger partial charge on any atom is -0.502 e. The van der Waals surface area contributed by atoms with Gasteiger partial charge in [-0.25, -0.2) is 0 Å². The first-order valence-electron chi connectivity index (χ1n) is 7.92. The lowest BCUT2D eigenvalue weighted by Gasteiger charge is -2.16. The Morgan fingerprint density at radius 1 is 1.12 bits per heavy atom. The van der Waals surface area contributed by atoms with Gasteiger partial charge in [-0.1, -0.05) is 25.1 Å². The van der Waals surface area contributed by atoms with Crippen LogP contribution in [0.4, 0.5) is 0 Å². The first-order valence-corrected chi connectivity index (χ1v) is 7.92. The van der Waals surface area contributed by atoms with E-state index in [0.717, 1.165) is 17.5 Å². The van der Waals surface area contributed by atoms with Gasteiger partial charge in [0.25, 0.3) is 0 Å². The molecule has 0 atom stereocenters. The smallest absolute Gasteiger partial charge is 0.199 e. The largest absolute Gasteiger partial charge is 0.502 e. The van der Waals surface area contributed by atoms with E-state index < -0.39 is 5.76 Å². The maximum Gasteiger partial charge on any atom is 0.199 e. The molecule has 0 fully saturated rings. The third-order valence-electron chi connectivity index (χ3n) is 3.90. The number of aldehydes is 1. The molecule has 132 valence electrons. The summed E-state index contributed by atoms with van der Waals surface area (Å²) in [5, 5.41) is 10.1. The minimum absolute atomic E-state index is 0.0868. The highest BCUT2D eigenvalue weighted by Crippen LogP contribution is 2.36. The average molecular weight is 342 g/mol. The number of benzene rings is 2. The zero-order valence-corrected chi connectivity index (χ0v) is 14.8. The Morgan fingerprint density at radius 2 is 1.84 bits per heavy atom. The molecule has 0 unspecified atom stereocenters. The van der Waals surface area contributed by atoms with Crippen LogP contribution in [-0.4, -0.2) is 25.6 Å². The number of hydrogen-bond donors (Lipinski definition) is 1. The molecule has 0 spiro atoms. The second kappa shape index (κ2) is 8.24. The number of hydrogen-bond acceptors (Lipinski definition) is 5. The molecule has 0 aliphatic heterocycles. The number of carbonyl (C=O) groups excluding carboxylic acids is 1. The van der Waals surface area contributed by atoms with Crippen LogP contribution in [0, 0.1) is 6.92 Å². The van der Waals surface area contributed by atoms with Gasteiger partial charge in [0.15, 0.2) is 17.8 Å².